The molecule has 0 heterocycles. The maximum Gasteiger partial charge on any atom is 0.446 e. The van der Waals surface area contributed by atoms with Crippen LogP contribution in [-0.2, 0) is 9.53 Å². The number of esters is 1. The third kappa shape index (κ3) is 4.68. The Morgan fingerprint density at radius 1 is 1.35 bits per heavy atom. The fourth-order valence-corrected chi connectivity index (χ4v) is 2.09. The molecule has 1 aromatic rings. The van der Waals surface area contributed by atoms with Gasteiger partial charge in [0, 0.05) is 17.4 Å². The first-order chi connectivity index (χ1) is 7.79. The van der Waals surface area contributed by atoms with Crippen molar-refractivity contribution in [2.24, 2.45) is 0 Å². The third-order valence-electron chi connectivity index (χ3n) is 1.93. The molecule has 1 unspecified atom stereocenters. The van der Waals surface area contributed by atoms with E-state index >= 15 is 0 Å². The molecule has 1 rings (SSSR count). The predicted octanol–water partition coefficient (Wildman–Crippen LogP) is 3.92. The molecular weight excluding hydrogens is 253 g/mol. The highest BCUT2D eigenvalue weighted by atomic mass is 32.2. The second kappa shape index (κ2) is 5.44. The minimum Gasteiger partial charge on any atom is -0.458 e. The third-order valence-corrected chi connectivity index (χ3v) is 2.75. The molecule has 0 spiro atoms. The Morgan fingerprint density at radius 3 is 2.47 bits per heavy atom. The van der Waals surface area contributed by atoms with Gasteiger partial charge in [-0.2, -0.15) is 13.2 Å². The zero-order valence-corrected chi connectivity index (χ0v) is 10.1. The number of carbonyl (C=O) groups is 1. The molecular formula is C11H11F3O2S. The largest absolute Gasteiger partial charge is 0.458 e. The number of hydrogen-bond donors (Lipinski definition) is 0. The minimum atomic E-state index is -4.36. The highest BCUT2D eigenvalue weighted by Crippen LogP contribution is 2.40. The Morgan fingerprint density at radius 2 is 1.94 bits per heavy atom. The Balaban J connectivity index is 2.95. The van der Waals surface area contributed by atoms with Crippen LogP contribution in [0.1, 0.15) is 25.5 Å². The maximum atomic E-state index is 12.3. The van der Waals surface area contributed by atoms with E-state index in [4.69, 9.17) is 4.74 Å². The molecule has 0 aliphatic heterocycles. The molecule has 0 saturated carbocycles. The standard InChI is InChI=1S/C11H11F3O2S/c1-7(16-8(2)15)9-5-3-4-6-10(9)17-11(12,13)14/h3-7H,1-2H3. The average Bonchev–Trinajstić information content (AvgIpc) is 2.14. The van der Waals surface area contributed by atoms with Gasteiger partial charge in [0.15, 0.2) is 0 Å². The summed E-state index contributed by atoms with van der Waals surface area (Å²) in [6, 6.07) is 5.99. The van der Waals surface area contributed by atoms with Crippen molar-refractivity contribution in [3.05, 3.63) is 29.8 Å². The van der Waals surface area contributed by atoms with Gasteiger partial charge >= 0.3 is 11.5 Å². The molecule has 0 radical (unpaired) electrons. The summed E-state index contributed by atoms with van der Waals surface area (Å²) in [6.07, 6.45) is -0.696. The fourth-order valence-electron chi connectivity index (χ4n) is 1.35. The smallest absolute Gasteiger partial charge is 0.446 e. The van der Waals surface area contributed by atoms with E-state index in [2.05, 4.69) is 0 Å². The monoisotopic (exact) mass is 264 g/mol. The number of rotatable bonds is 3. The second-order valence-electron chi connectivity index (χ2n) is 3.34. The molecule has 17 heavy (non-hydrogen) atoms. The highest BCUT2D eigenvalue weighted by molar-refractivity contribution is 8.00. The normalized spacial score (nSPS) is 13.2. The van der Waals surface area contributed by atoms with E-state index in [1.165, 1.54) is 32.0 Å². The number of alkyl halides is 3. The first kappa shape index (κ1) is 13.9. The Labute approximate surface area is 101 Å². The van der Waals surface area contributed by atoms with Crippen molar-refractivity contribution < 1.29 is 22.7 Å². The van der Waals surface area contributed by atoms with Crippen molar-refractivity contribution in [1.82, 2.24) is 0 Å². The van der Waals surface area contributed by atoms with Gasteiger partial charge in [0.25, 0.3) is 0 Å². The topological polar surface area (TPSA) is 26.3 Å². The van der Waals surface area contributed by atoms with Crippen LogP contribution >= 0.6 is 11.8 Å². The van der Waals surface area contributed by atoms with Gasteiger partial charge in [0.2, 0.25) is 0 Å². The van der Waals surface area contributed by atoms with Gasteiger partial charge in [-0.1, -0.05) is 18.2 Å². The molecule has 0 N–H and O–H groups in total. The van der Waals surface area contributed by atoms with E-state index in [1.807, 2.05) is 0 Å². The Bertz CT molecular complexity index is 404. The molecule has 2 nitrogen and oxygen atoms in total. The van der Waals surface area contributed by atoms with Gasteiger partial charge in [0.1, 0.15) is 6.10 Å². The van der Waals surface area contributed by atoms with Crippen LogP contribution in [0.25, 0.3) is 0 Å². The first-order valence-corrected chi connectivity index (χ1v) is 5.63. The van der Waals surface area contributed by atoms with Gasteiger partial charge in [-0.25, -0.2) is 0 Å². The van der Waals surface area contributed by atoms with E-state index in [1.54, 1.807) is 6.07 Å². The van der Waals surface area contributed by atoms with Crippen molar-refractivity contribution in [3.8, 4) is 0 Å². The lowest BCUT2D eigenvalue weighted by molar-refractivity contribution is -0.145. The summed E-state index contributed by atoms with van der Waals surface area (Å²) >= 11 is -0.209. The van der Waals surface area contributed by atoms with Crippen LogP contribution in [0.15, 0.2) is 29.2 Å². The van der Waals surface area contributed by atoms with Crippen LogP contribution in [0.5, 0.6) is 0 Å². The summed E-state index contributed by atoms with van der Waals surface area (Å²) < 4.78 is 41.8. The van der Waals surface area contributed by atoms with Crippen LogP contribution < -0.4 is 0 Å². The Kier molecular flexibility index (Phi) is 4.45. The lowest BCUT2D eigenvalue weighted by atomic mass is 10.1. The molecule has 0 fully saturated rings. The molecule has 0 aliphatic rings. The molecule has 94 valence electrons. The summed E-state index contributed by atoms with van der Waals surface area (Å²) in [7, 11) is 0. The summed E-state index contributed by atoms with van der Waals surface area (Å²) in [5.74, 6) is -0.524. The van der Waals surface area contributed by atoms with E-state index < -0.39 is 17.6 Å². The first-order valence-electron chi connectivity index (χ1n) is 4.81. The summed E-state index contributed by atoms with van der Waals surface area (Å²) in [5.41, 5.74) is -4.00. The van der Waals surface area contributed by atoms with Crippen LogP contribution in [-0.4, -0.2) is 11.5 Å². The Hall–Kier alpha value is -1.17. The van der Waals surface area contributed by atoms with E-state index in [9.17, 15) is 18.0 Å². The summed E-state index contributed by atoms with van der Waals surface area (Å²) in [6.45, 7) is 2.76. The molecule has 6 heteroatoms. The zero-order valence-electron chi connectivity index (χ0n) is 9.25. The highest BCUT2D eigenvalue weighted by Gasteiger charge is 2.31. The summed E-state index contributed by atoms with van der Waals surface area (Å²) in [5, 5.41) is 0. The molecule has 0 saturated heterocycles. The number of ether oxygens (including phenoxy) is 1. The van der Waals surface area contributed by atoms with Crippen LogP contribution in [0.4, 0.5) is 13.2 Å². The van der Waals surface area contributed by atoms with Gasteiger partial charge < -0.3 is 4.74 Å². The molecule has 0 aromatic heterocycles. The van der Waals surface area contributed by atoms with Crippen molar-refractivity contribution in [1.29, 1.82) is 0 Å². The van der Waals surface area contributed by atoms with E-state index in [0.717, 1.165) is 0 Å². The molecule has 0 bridgehead atoms. The van der Waals surface area contributed by atoms with Crippen molar-refractivity contribution in [3.63, 3.8) is 0 Å². The van der Waals surface area contributed by atoms with E-state index in [0.29, 0.717) is 5.56 Å². The van der Waals surface area contributed by atoms with Crippen LogP contribution in [0.3, 0.4) is 0 Å². The second-order valence-corrected chi connectivity index (χ2v) is 4.44. The van der Waals surface area contributed by atoms with Gasteiger partial charge in [-0.3, -0.25) is 4.79 Å². The van der Waals surface area contributed by atoms with Crippen LogP contribution in [0.2, 0.25) is 0 Å². The lowest BCUT2D eigenvalue weighted by Gasteiger charge is -2.16. The van der Waals surface area contributed by atoms with E-state index in [-0.39, 0.29) is 16.7 Å². The average molecular weight is 264 g/mol. The van der Waals surface area contributed by atoms with Crippen molar-refractivity contribution in [2.45, 2.75) is 30.4 Å². The number of carbonyl (C=O) groups excluding carboxylic acids is 1. The SMILES string of the molecule is CC(=O)OC(C)c1ccccc1SC(F)(F)F. The number of benzene rings is 1. The lowest BCUT2D eigenvalue weighted by Crippen LogP contribution is -2.07. The fraction of sp³-hybridized carbons (Fsp3) is 0.364. The number of hydrogen-bond acceptors (Lipinski definition) is 3. The molecule has 0 aliphatic carbocycles. The zero-order chi connectivity index (χ0) is 13.1. The van der Waals surface area contributed by atoms with Gasteiger partial charge in [0.05, 0.1) is 0 Å². The molecule has 1 aromatic carbocycles. The number of thioether (sulfide) groups is 1. The van der Waals surface area contributed by atoms with Gasteiger partial charge in [-0.15, -0.1) is 0 Å². The number of halogens is 3. The van der Waals surface area contributed by atoms with Crippen molar-refractivity contribution in [2.75, 3.05) is 0 Å². The molecule has 0 amide bonds. The van der Waals surface area contributed by atoms with Crippen molar-refractivity contribution >= 4 is 17.7 Å². The minimum absolute atomic E-state index is 0.0498. The van der Waals surface area contributed by atoms with Crippen LogP contribution in [0, 0.1) is 0 Å². The molecule has 1 atom stereocenters. The predicted molar refractivity (Wildman–Crippen MR) is 58.5 cm³/mol. The summed E-state index contributed by atoms with van der Waals surface area (Å²) in [4.78, 5) is 10.8. The van der Waals surface area contributed by atoms with Gasteiger partial charge in [-0.05, 0) is 24.8 Å². The maximum absolute atomic E-state index is 12.3. The quantitative estimate of drug-likeness (QED) is 0.611.